The van der Waals surface area contributed by atoms with Gasteiger partial charge < -0.3 is 0 Å². The number of hydrogen-bond donors (Lipinski definition) is 0. The minimum Gasteiger partial charge on any atom is -0.206 e. The molecule has 20 rings (SSSR count). The van der Waals surface area contributed by atoms with E-state index in [1.165, 1.54) is 164 Å². The summed E-state index contributed by atoms with van der Waals surface area (Å²) >= 11 is 0. The summed E-state index contributed by atoms with van der Waals surface area (Å²) in [6.07, 6.45) is 31.5. The Kier molecular flexibility index (Phi) is 36.3. The molecule has 756 valence electrons. The highest BCUT2D eigenvalue weighted by Gasteiger charge is 2.35. The molecule has 6 aliphatic carbocycles. The lowest BCUT2D eigenvalue weighted by Crippen LogP contribution is -2.27. The number of hydrogen-bond acceptors (Lipinski definition) is 0. The fourth-order valence-corrected chi connectivity index (χ4v) is 22.1. The minimum absolute atomic E-state index is 0. The summed E-state index contributed by atoms with van der Waals surface area (Å²) in [5.74, 6) is 2.52. The average Bonchev–Trinajstić information content (AvgIpc) is 0.744. The Hall–Kier alpha value is -11.3. The molecule has 0 aliphatic heterocycles. The molecule has 0 aromatic heterocycles. The lowest BCUT2D eigenvalue weighted by atomic mass is 9.69. The second kappa shape index (κ2) is 48.4. The van der Waals surface area contributed by atoms with Gasteiger partial charge in [-0.25, -0.2) is 61.5 Å². The van der Waals surface area contributed by atoms with Crippen molar-refractivity contribution < 1.29 is 68.6 Å². The van der Waals surface area contributed by atoms with E-state index in [4.69, 9.17) is 0 Å². The second-order valence-electron chi connectivity index (χ2n) is 42.4. The van der Waals surface area contributed by atoms with Gasteiger partial charge in [0, 0.05) is 29.0 Å². The Morgan fingerprint density at radius 2 is 0.669 bits per heavy atom. The van der Waals surface area contributed by atoms with Crippen molar-refractivity contribution in [3.63, 3.8) is 0 Å². The summed E-state index contributed by atoms with van der Waals surface area (Å²) in [6.45, 7) is 26.7. The number of benzene rings is 14. The number of rotatable bonds is 9. The molecule has 0 heterocycles. The van der Waals surface area contributed by atoms with Gasteiger partial charge in [-0.3, -0.25) is 0 Å². The summed E-state index contributed by atoms with van der Waals surface area (Å²) in [5.41, 5.74) is 15.1. The zero-order valence-corrected chi connectivity index (χ0v) is 84.9. The van der Waals surface area contributed by atoms with E-state index < -0.39 is 81.4 Å². The number of halogens is 14. The van der Waals surface area contributed by atoms with Crippen LogP contribution in [0.25, 0.3) is 65.3 Å². The molecule has 14 aromatic carbocycles. The van der Waals surface area contributed by atoms with Crippen LogP contribution in [-0.4, -0.2) is 0 Å². The van der Waals surface area contributed by atoms with Gasteiger partial charge in [0.2, 0.25) is 0 Å². The molecule has 1 unspecified atom stereocenters. The van der Waals surface area contributed by atoms with Crippen LogP contribution >= 0.6 is 0 Å². The van der Waals surface area contributed by atoms with E-state index in [-0.39, 0.29) is 51.6 Å². The van der Waals surface area contributed by atoms with Gasteiger partial charge in [-0.15, -0.1) is 0 Å². The molecule has 142 heavy (non-hydrogen) atoms. The second-order valence-corrected chi connectivity index (χ2v) is 42.4. The highest BCUT2D eigenvalue weighted by Crippen LogP contribution is 2.47. The molecule has 6 aliphatic rings. The van der Waals surface area contributed by atoms with E-state index in [0.29, 0.717) is 72.7 Å². The normalized spacial score (nSPS) is 20.4. The summed E-state index contributed by atoms with van der Waals surface area (Å²) in [4.78, 5) is 0. The third-order valence-corrected chi connectivity index (χ3v) is 31.6. The predicted octanol–water partition coefficient (Wildman–Crippen LogP) is 39.5. The van der Waals surface area contributed by atoms with Crippen LogP contribution in [0.5, 0.6) is 0 Å². The van der Waals surface area contributed by atoms with E-state index in [0.717, 1.165) is 149 Å². The van der Waals surface area contributed by atoms with E-state index in [1.54, 1.807) is 75.4 Å². The fourth-order valence-electron chi connectivity index (χ4n) is 22.1. The number of aryl methyl sites for hydroxylation is 12. The summed E-state index contributed by atoms with van der Waals surface area (Å²) in [7, 11) is 0. The first kappa shape index (κ1) is 106. The Morgan fingerprint density at radius 1 is 0.275 bits per heavy atom. The molecule has 0 nitrogen and oxygen atoms in total. The molecule has 0 radical (unpaired) electrons. The van der Waals surface area contributed by atoms with Gasteiger partial charge in [0.15, 0.2) is 69.8 Å². The first-order chi connectivity index (χ1) is 67.9. The van der Waals surface area contributed by atoms with Gasteiger partial charge in [-0.1, -0.05) is 272 Å². The van der Waals surface area contributed by atoms with Gasteiger partial charge in [-0.05, 0) is 385 Å². The first-order valence-electron chi connectivity index (χ1n) is 51.5. The predicted molar refractivity (Wildman–Crippen MR) is 568 cm³/mol. The lowest BCUT2D eigenvalue weighted by molar-refractivity contribution is 0.148. The quantitative estimate of drug-likeness (QED) is 0.0998. The van der Waals surface area contributed by atoms with Gasteiger partial charge >= 0.3 is 0 Å². The van der Waals surface area contributed by atoms with Crippen LogP contribution in [-0.2, 0) is 19.3 Å². The molecule has 5 saturated carbocycles. The topological polar surface area (TPSA) is 0 Å². The standard InChI is InChI=1S/C22H34.C18H19F3.C18H13F3.C18H24F2.C18H20F2.C18H14F2.C16H12F2.5H2/c1-17-3-7-19(8-4-17)9-10-20-11-15-22(16-12-20)21-13-5-18(2)6-14-21;2*1-10-3-5-12(6-4-10)14-8-7-13-9-11(2)16(19)18(21)15(13)17(14)20;3*1-11-3-5-13(6-4-11)14-7-8-15-9-12(2)17(19)18(20)16(15)10-14;1-11-3-6-13(7-4-11)8-10-14-9-5-12(2)15(17)16(14)18;;;;;/h3-4,7-8,18,20-22H,5-6,9-16H2,1-2H3;7-10,12H,3-6H2,1-2H3;3-9H,1-2H3;9,11,13-14H,3-8,10H2,1-2H3;7-11,13H,3-6H2,1-2H3;3-10H,1-2H3;3-7,9H,1-2H3;5*1H. The largest absolute Gasteiger partial charge is 0.206 e. The monoisotopic (exact) mass is 1950 g/mol. The van der Waals surface area contributed by atoms with Crippen molar-refractivity contribution in [3.8, 4) is 34.1 Å². The molecule has 0 N–H and O–H groups in total. The zero-order chi connectivity index (χ0) is 102. The molecule has 0 amide bonds. The Bertz CT molecular complexity index is 6810. The van der Waals surface area contributed by atoms with E-state index in [2.05, 4.69) is 76.8 Å². The van der Waals surface area contributed by atoms with Crippen molar-refractivity contribution in [2.24, 2.45) is 53.3 Å². The smallest absolute Gasteiger partial charge is 0.174 e. The van der Waals surface area contributed by atoms with Gasteiger partial charge in [0.05, 0.1) is 16.3 Å². The molecular formula is C128H146F14. The summed E-state index contributed by atoms with van der Waals surface area (Å²) in [5, 5.41) is 2.55. The van der Waals surface area contributed by atoms with Crippen molar-refractivity contribution >= 4 is 43.1 Å². The van der Waals surface area contributed by atoms with Crippen molar-refractivity contribution in [1.29, 1.82) is 0 Å². The zero-order valence-electron chi connectivity index (χ0n) is 84.9. The van der Waals surface area contributed by atoms with Crippen molar-refractivity contribution in [2.75, 3.05) is 0 Å². The van der Waals surface area contributed by atoms with E-state index >= 15 is 0 Å². The van der Waals surface area contributed by atoms with Crippen LogP contribution < -0.4 is 0 Å². The van der Waals surface area contributed by atoms with Gasteiger partial charge in [0.25, 0.3) is 0 Å². The molecular weight excluding hydrogens is 1800 g/mol. The molecule has 0 bridgehead atoms. The maximum atomic E-state index is 14.7. The number of fused-ring (bicyclic) bond motifs is 5. The maximum absolute atomic E-state index is 14.7. The van der Waals surface area contributed by atoms with E-state index in [1.807, 2.05) is 112 Å². The highest BCUT2D eigenvalue weighted by atomic mass is 19.2. The average molecular weight is 1950 g/mol. The summed E-state index contributed by atoms with van der Waals surface area (Å²) < 4.78 is 195. The highest BCUT2D eigenvalue weighted by molar-refractivity contribution is 5.91. The first-order valence-corrected chi connectivity index (χ1v) is 51.5. The fraction of sp³-hybridized carbons (Fsp3) is 0.391. The van der Waals surface area contributed by atoms with Crippen LogP contribution in [0, 0.1) is 216 Å². The molecule has 1 atom stereocenters. The minimum atomic E-state index is -1.13. The lowest BCUT2D eigenvalue weighted by Gasteiger charge is -2.37. The maximum Gasteiger partial charge on any atom is 0.174 e. The Morgan fingerprint density at radius 3 is 1.19 bits per heavy atom. The SMILES string of the molecule is Cc1cc2c(c(F)c1F)CC(C1CCC(C)CC1)CC2.Cc1cc2ccc(C3CCC(C)CC3)c(F)c2c(F)c1F.Cc1cc2ccc(C3CCC(C)CC3)cc2c(F)c1F.Cc1ccc(-c2ccc3cc(C)c(F)c(F)c3c2)cc1.Cc1ccc(-c2ccc3cc(C)c(F)c(F)c3c2F)cc1.Cc1ccc(C#Cc2ccc(C)c(F)c2F)cc1.Cc1ccc(CCC2CCC(C3CCC(C)CC3)CC2)cc1.[HH].[HH].[HH].[HH].[HH]. The third kappa shape index (κ3) is 26.3. The van der Waals surface area contributed by atoms with Crippen molar-refractivity contribution in [3.05, 3.63) is 376 Å². The molecule has 0 spiro atoms. The van der Waals surface area contributed by atoms with Crippen molar-refractivity contribution in [2.45, 2.75) is 269 Å². The molecule has 14 heteroatoms. The van der Waals surface area contributed by atoms with Crippen LogP contribution in [0.4, 0.5) is 61.5 Å². The van der Waals surface area contributed by atoms with Crippen LogP contribution in [0.1, 0.15) is 283 Å². The Balaban J connectivity index is 0.000000190. The van der Waals surface area contributed by atoms with Crippen molar-refractivity contribution in [1.82, 2.24) is 0 Å². The van der Waals surface area contributed by atoms with Crippen LogP contribution in [0.2, 0.25) is 0 Å². The van der Waals surface area contributed by atoms with Gasteiger partial charge in [-0.2, -0.15) is 0 Å². The molecule has 5 fully saturated rings. The Labute approximate surface area is 839 Å². The van der Waals surface area contributed by atoms with Crippen LogP contribution in [0.15, 0.2) is 200 Å². The van der Waals surface area contributed by atoms with Crippen LogP contribution in [0.3, 0.4) is 0 Å². The summed E-state index contributed by atoms with van der Waals surface area (Å²) in [6, 6.07) is 61.2. The third-order valence-electron chi connectivity index (χ3n) is 31.6. The molecule has 14 aromatic rings. The van der Waals surface area contributed by atoms with Gasteiger partial charge in [0.1, 0.15) is 11.6 Å². The van der Waals surface area contributed by atoms with E-state index in [9.17, 15) is 61.5 Å². The molecule has 0 saturated heterocycles.